The first-order chi connectivity index (χ1) is 14.6. The molecular weight excluding hydrogens is 453 g/mol. The first-order valence-corrected chi connectivity index (χ1v) is 11.2. The van der Waals surface area contributed by atoms with Crippen LogP contribution in [-0.4, -0.2) is 16.7 Å². The minimum absolute atomic E-state index is 0.174. The lowest BCUT2D eigenvalue weighted by Crippen LogP contribution is -2.23. The highest BCUT2D eigenvalue weighted by atomic mass is 31.1. The molecule has 0 bridgehead atoms. The molecule has 2 aromatic rings. The van der Waals surface area contributed by atoms with Crippen molar-refractivity contribution in [3.8, 4) is 0 Å². The van der Waals surface area contributed by atoms with Crippen LogP contribution in [0.3, 0.4) is 0 Å². The largest absolute Gasteiger partial charge is 0.417 e. The zero-order chi connectivity index (χ0) is 24.6. The molecule has 0 heterocycles. The zero-order valence-electron chi connectivity index (χ0n) is 18.2. The van der Waals surface area contributed by atoms with Gasteiger partial charge in [-0.05, 0) is 56.1 Å². The minimum atomic E-state index is -5.19. The topological polar surface area (TPSA) is 34.1 Å². The summed E-state index contributed by atoms with van der Waals surface area (Å²) in [5.74, 6) is 0. The number of hydrogen-bond acceptors (Lipinski definition) is 2. The molecule has 2 atom stereocenters. The quantitative estimate of drug-likeness (QED) is 0.314. The maximum absolute atomic E-state index is 13.6. The average Bonchev–Trinajstić information content (AvgIpc) is 2.65. The van der Waals surface area contributed by atoms with Crippen molar-refractivity contribution in [2.75, 3.05) is 0 Å². The third-order valence-electron chi connectivity index (χ3n) is 5.25. The van der Waals surface area contributed by atoms with Crippen molar-refractivity contribution < 1.29 is 35.9 Å². The number of rotatable bonds is 6. The van der Waals surface area contributed by atoms with Gasteiger partial charge in [0.15, 0.2) is 11.0 Å². The van der Waals surface area contributed by atoms with E-state index in [1.165, 1.54) is 6.92 Å². The van der Waals surface area contributed by atoms with Gasteiger partial charge in [0.1, 0.15) is 0 Å². The summed E-state index contributed by atoms with van der Waals surface area (Å²) in [6.45, 7) is 8.20. The molecule has 0 spiro atoms. The van der Waals surface area contributed by atoms with E-state index in [1.807, 2.05) is 0 Å². The Labute approximate surface area is 183 Å². The molecule has 174 valence electrons. The summed E-state index contributed by atoms with van der Waals surface area (Å²) in [5, 5.41) is 0. The molecule has 0 aliphatic carbocycles. The van der Waals surface area contributed by atoms with Crippen LogP contribution in [0.5, 0.6) is 0 Å². The van der Waals surface area contributed by atoms with E-state index >= 15 is 0 Å². The number of aryl methyl sites for hydroxylation is 3. The zero-order valence-corrected chi connectivity index (χ0v) is 19.1. The second-order valence-electron chi connectivity index (χ2n) is 7.73. The molecule has 9 heteroatoms. The van der Waals surface area contributed by atoms with Crippen molar-refractivity contribution in [3.63, 3.8) is 0 Å². The molecule has 0 saturated heterocycles. The van der Waals surface area contributed by atoms with Gasteiger partial charge in [0, 0.05) is 19.0 Å². The summed E-state index contributed by atoms with van der Waals surface area (Å²) >= 11 is 0. The number of benzene rings is 2. The molecule has 0 aliphatic heterocycles. The summed E-state index contributed by atoms with van der Waals surface area (Å²) in [7, 11) is -2.54. The molecule has 0 saturated carbocycles. The molecule has 2 unspecified atom stereocenters. The van der Waals surface area contributed by atoms with Crippen LogP contribution in [0.4, 0.5) is 26.3 Å². The number of carbonyl (C=O) groups excluding carboxylic acids is 2. The lowest BCUT2D eigenvalue weighted by molar-refractivity contribution is -0.143. The summed E-state index contributed by atoms with van der Waals surface area (Å²) in [4.78, 5) is 26.9. The van der Waals surface area contributed by atoms with Crippen molar-refractivity contribution in [1.29, 1.82) is 0 Å². The Balaban J connectivity index is 2.80. The van der Waals surface area contributed by atoms with Crippen LogP contribution in [0.25, 0.3) is 0 Å². The Hall–Kier alpha value is -2.21. The van der Waals surface area contributed by atoms with Gasteiger partial charge >= 0.3 is 12.4 Å². The highest BCUT2D eigenvalue weighted by molar-refractivity contribution is 7.90. The Bertz CT molecular complexity index is 985. The second-order valence-corrected chi connectivity index (χ2v) is 10.2. The van der Waals surface area contributed by atoms with Gasteiger partial charge in [-0.1, -0.05) is 37.6 Å². The lowest BCUT2D eigenvalue weighted by Gasteiger charge is -2.26. The van der Waals surface area contributed by atoms with Crippen molar-refractivity contribution in [1.82, 2.24) is 0 Å². The van der Waals surface area contributed by atoms with Crippen LogP contribution in [0, 0.1) is 20.8 Å². The molecule has 0 fully saturated rings. The van der Waals surface area contributed by atoms with Gasteiger partial charge in [0.25, 0.3) is 0 Å². The summed E-state index contributed by atoms with van der Waals surface area (Å²) in [5.41, 5.74) is -5.60. The van der Waals surface area contributed by atoms with Crippen LogP contribution < -0.4 is 0 Å². The first kappa shape index (κ1) is 26.0. The molecule has 32 heavy (non-hydrogen) atoms. The molecule has 0 aromatic heterocycles. The van der Waals surface area contributed by atoms with E-state index in [4.69, 9.17) is 0 Å². The van der Waals surface area contributed by atoms with Crippen LogP contribution in [0.1, 0.15) is 68.8 Å². The van der Waals surface area contributed by atoms with E-state index in [1.54, 1.807) is 39.8 Å². The Morgan fingerprint density at radius 2 is 1.25 bits per heavy atom. The predicted molar refractivity (Wildman–Crippen MR) is 112 cm³/mol. The van der Waals surface area contributed by atoms with Gasteiger partial charge in [-0.25, -0.2) is 0 Å². The smallest absolute Gasteiger partial charge is 0.289 e. The third kappa shape index (κ3) is 5.22. The fraction of sp³-hybridized carbons (Fsp3) is 0.391. The first-order valence-electron chi connectivity index (χ1n) is 9.84. The number of hydrogen-bond donors (Lipinski definition) is 0. The highest BCUT2D eigenvalue weighted by Crippen LogP contribution is 2.53. The highest BCUT2D eigenvalue weighted by Gasteiger charge is 2.46. The molecular formula is C23H23F6O2P. The van der Waals surface area contributed by atoms with E-state index in [0.29, 0.717) is 29.3 Å². The van der Waals surface area contributed by atoms with Gasteiger partial charge in [-0.15, -0.1) is 0 Å². The fourth-order valence-electron chi connectivity index (χ4n) is 3.69. The monoisotopic (exact) mass is 476 g/mol. The van der Waals surface area contributed by atoms with E-state index in [2.05, 4.69) is 0 Å². The van der Waals surface area contributed by atoms with E-state index < -0.39 is 53.7 Å². The Morgan fingerprint density at radius 1 is 0.844 bits per heavy atom. The summed E-state index contributed by atoms with van der Waals surface area (Å²) < 4.78 is 81.7. The van der Waals surface area contributed by atoms with Crippen LogP contribution in [0.2, 0.25) is 0 Å². The number of alkyl halides is 6. The van der Waals surface area contributed by atoms with E-state index in [9.17, 15) is 35.9 Å². The minimum Gasteiger partial charge on any atom is -0.289 e. The number of carbonyl (C=O) groups is 2. The van der Waals surface area contributed by atoms with Gasteiger partial charge in [-0.2, -0.15) is 26.3 Å². The third-order valence-corrected chi connectivity index (χ3v) is 7.82. The van der Waals surface area contributed by atoms with E-state index in [-0.39, 0.29) is 12.0 Å². The van der Waals surface area contributed by atoms with Gasteiger partial charge in [0.05, 0.1) is 11.1 Å². The normalized spacial score (nSPS) is 14.2. The maximum atomic E-state index is 13.6. The summed E-state index contributed by atoms with van der Waals surface area (Å²) in [6, 6.07) is 4.89. The Morgan fingerprint density at radius 3 is 1.62 bits per heavy atom. The van der Waals surface area contributed by atoms with Crippen molar-refractivity contribution in [3.05, 3.63) is 69.3 Å². The van der Waals surface area contributed by atoms with Crippen molar-refractivity contribution >= 4 is 19.0 Å². The van der Waals surface area contributed by atoms with Crippen molar-refractivity contribution in [2.45, 2.75) is 59.1 Å². The van der Waals surface area contributed by atoms with Crippen molar-refractivity contribution in [2.24, 2.45) is 0 Å². The SMILES string of the molecule is CCC(C)P(C(=O)c1c(C)cc(C)cc1C)C(=O)c1c(C(F)(F)F)cccc1C(F)(F)F. The van der Waals surface area contributed by atoms with Gasteiger partial charge < -0.3 is 0 Å². The second kappa shape index (κ2) is 9.34. The Kier molecular flexibility index (Phi) is 7.60. The average molecular weight is 476 g/mol. The molecule has 2 aromatic carbocycles. The maximum Gasteiger partial charge on any atom is 0.417 e. The molecule has 0 aliphatic rings. The molecule has 0 N–H and O–H groups in total. The van der Waals surface area contributed by atoms with Crippen LogP contribution >= 0.6 is 7.92 Å². The molecule has 2 rings (SSSR count). The standard InChI is InChI=1S/C23H23F6O2P/c1-6-15(5)32(20(30)18-13(3)10-12(2)11-14(18)4)21(31)19-16(22(24,25)26)8-7-9-17(19)23(27,28)29/h7-11,15H,6H2,1-5H3. The van der Waals surface area contributed by atoms with Crippen LogP contribution in [-0.2, 0) is 12.4 Å². The van der Waals surface area contributed by atoms with Gasteiger partial charge in [-0.3, -0.25) is 9.59 Å². The molecule has 0 radical (unpaired) electrons. The number of halogens is 6. The van der Waals surface area contributed by atoms with Crippen LogP contribution in [0.15, 0.2) is 30.3 Å². The van der Waals surface area contributed by atoms with Gasteiger partial charge in [0.2, 0.25) is 0 Å². The molecule has 2 nitrogen and oxygen atoms in total. The lowest BCUT2D eigenvalue weighted by atomic mass is 10.0. The molecule has 0 amide bonds. The summed E-state index contributed by atoms with van der Waals surface area (Å²) in [6.07, 6.45) is -10.1. The van der Waals surface area contributed by atoms with E-state index in [0.717, 1.165) is 5.56 Å². The predicted octanol–water partition coefficient (Wildman–Crippen LogP) is 7.91. The fourth-order valence-corrected chi connectivity index (χ4v) is 6.11.